The highest BCUT2D eigenvalue weighted by atomic mass is 35.5. The van der Waals surface area contributed by atoms with Crippen molar-refractivity contribution in [3.63, 3.8) is 0 Å². The minimum atomic E-state index is -0.515. The van der Waals surface area contributed by atoms with Crippen molar-refractivity contribution in [2.24, 2.45) is 0 Å². The van der Waals surface area contributed by atoms with E-state index in [1.165, 1.54) is 0 Å². The zero-order chi connectivity index (χ0) is 23.6. The zero-order valence-electron chi connectivity index (χ0n) is 19.4. The van der Waals surface area contributed by atoms with Crippen molar-refractivity contribution in [1.29, 1.82) is 0 Å². The van der Waals surface area contributed by atoms with Crippen molar-refractivity contribution < 1.29 is 14.3 Å². The molecule has 0 unspecified atom stereocenters. The molecule has 0 atom stereocenters. The molecule has 3 aromatic rings. The molecule has 4 rings (SSSR count). The Morgan fingerprint density at radius 2 is 1.88 bits per heavy atom. The Morgan fingerprint density at radius 1 is 1.12 bits per heavy atom. The molecule has 176 valence electrons. The maximum atomic E-state index is 12.6. The lowest BCUT2D eigenvalue weighted by Gasteiger charge is -2.27. The summed E-state index contributed by atoms with van der Waals surface area (Å²) in [6.07, 6.45) is 0.533. The number of halogens is 1. The molecule has 0 aliphatic carbocycles. The fourth-order valence-corrected chi connectivity index (χ4v) is 5.03. The van der Waals surface area contributed by atoms with E-state index in [4.69, 9.17) is 21.1 Å². The highest BCUT2D eigenvalue weighted by Crippen LogP contribution is 2.39. The number of benzene rings is 1. The van der Waals surface area contributed by atoms with E-state index in [2.05, 4.69) is 32.4 Å². The molecule has 1 aliphatic heterocycles. The SMILES string of the molecule is CCOc1ccc(-c2csc3nc(Cl)nc(N4CCCN(C(=O)OC(C)(C)C)CC4)c23)cc1. The summed E-state index contributed by atoms with van der Waals surface area (Å²) < 4.78 is 11.2. The molecule has 33 heavy (non-hydrogen) atoms. The second kappa shape index (κ2) is 9.73. The summed E-state index contributed by atoms with van der Waals surface area (Å²) in [6.45, 7) is 10.9. The molecule has 0 saturated carbocycles. The monoisotopic (exact) mass is 488 g/mol. The van der Waals surface area contributed by atoms with Crippen LogP contribution in [0.3, 0.4) is 0 Å². The van der Waals surface area contributed by atoms with Crippen LogP contribution in [0.1, 0.15) is 34.1 Å². The third-order valence-electron chi connectivity index (χ3n) is 5.31. The van der Waals surface area contributed by atoms with Crippen LogP contribution < -0.4 is 9.64 Å². The first kappa shape index (κ1) is 23.6. The van der Waals surface area contributed by atoms with Crippen LogP contribution in [0.25, 0.3) is 21.3 Å². The molecule has 1 aliphatic rings. The maximum Gasteiger partial charge on any atom is 0.410 e. The van der Waals surface area contributed by atoms with Gasteiger partial charge in [-0.1, -0.05) is 12.1 Å². The first-order chi connectivity index (χ1) is 15.7. The summed E-state index contributed by atoms with van der Waals surface area (Å²) in [5, 5.41) is 3.31. The molecule has 0 spiro atoms. The van der Waals surface area contributed by atoms with Gasteiger partial charge in [0, 0.05) is 37.1 Å². The minimum absolute atomic E-state index is 0.228. The summed E-state index contributed by atoms with van der Waals surface area (Å²) in [6, 6.07) is 8.06. The highest BCUT2D eigenvalue weighted by Gasteiger charge is 2.26. The number of fused-ring (bicyclic) bond motifs is 1. The normalized spacial score (nSPS) is 14.9. The average molecular weight is 489 g/mol. The number of amides is 1. The van der Waals surface area contributed by atoms with Crippen LogP contribution in [0.4, 0.5) is 10.6 Å². The largest absolute Gasteiger partial charge is 0.494 e. The molecule has 0 N–H and O–H groups in total. The molecular formula is C24H29ClN4O3S. The number of nitrogens with zero attached hydrogens (tertiary/aromatic N) is 4. The van der Waals surface area contributed by atoms with Crippen molar-refractivity contribution in [2.75, 3.05) is 37.7 Å². The second-order valence-corrected chi connectivity index (χ2v) is 10.1. The Hall–Kier alpha value is -2.58. The molecule has 2 aromatic heterocycles. The van der Waals surface area contributed by atoms with Gasteiger partial charge >= 0.3 is 6.09 Å². The molecule has 3 heterocycles. The fraction of sp³-hybridized carbons (Fsp3) is 0.458. The van der Waals surface area contributed by atoms with Crippen molar-refractivity contribution in [3.8, 4) is 16.9 Å². The molecular weight excluding hydrogens is 460 g/mol. The first-order valence-corrected chi connectivity index (χ1v) is 12.4. The smallest absolute Gasteiger partial charge is 0.410 e. The van der Waals surface area contributed by atoms with Gasteiger partial charge in [-0.15, -0.1) is 11.3 Å². The van der Waals surface area contributed by atoms with Crippen LogP contribution in [0.2, 0.25) is 5.28 Å². The van der Waals surface area contributed by atoms with Crippen LogP contribution in [-0.4, -0.2) is 59.3 Å². The molecule has 1 amide bonds. The van der Waals surface area contributed by atoms with Gasteiger partial charge in [-0.25, -0.2) is 9.78 Å². The lowest BCUT2D eigenvalue weighted by Crippen LogP contribution is -2.39. The van der Waals surface area contributed by atoms with E-state index in [0.717, 1.165) is 45.9 Å². The van der Waals surface area contributed by atoms with E-state index < -0.39 is 5.60 Å². The van der Waals surface area contributed by atoms with E-state index in [1.54, 1.807) is 16.2 Å². The summed E-state index contributed by atoms with van der Waals surface area (Å²) in [5.41, 5.74) is 1.62. The average Bonchev–Trinajstić information content (AvgIpc) is 3.01. The first-order valence-electron chi connectivity index (χ1n) is 11.2. The molecule has 1 saturated heterocycles. The number of carbonyl (C=O) groups excluding carboxylic acids is 1. The Kier molecular flexibility index (Phi) is 6.95. The van der Waals surface area contributed by atoms with Crippen molar-refractivity contribution in [3.05, 3.63) is 34.9 Å². The van der Waals surface area contributed by atoms with E-state index in [1.807, 2.05) is 39.8 Å². The van der Waals surface area contributed by atoms with Gasteiger partial charge in [0.05, 0.1) is 12.0 Å². The Labute approximate surface area is 203 Å². The lowest BCUT2D eigenvalue weighted by molar-refractivity contribution is 0.0263. The summed E-state index contributed by atoms with van der Waals surface area (Å²) in [4.78, 5) is 26.5. The number of carbonyl (C=O) groups is 1. The van der Waals surface area contributed by atoms with E-state index in [-0.39, 0.29) is 11.4 Å². The number of rotatable bonds is 4. The number of hydrogen-bond donors (Lipinski definition) is 0. The number of ether oxygens (including phenoxy) is 2. The van der Waals surface area contributed by atoms with Gasteiger partial charge in [0.1, 0.15) is 22.0 Å². The van der Waals surface area contributed by atoms with Crippen LogP contribution in [0.15, 0.2) is 29.6 Å². The minimum Gasteiger partial charge on any atom is -0.494 e. The van der Waals surface area contributed by atoms with Crippen LogP contribution in [0, 0.1) is 0 Å². The maximum absolute atomic E-state index is 12.6. The number of hydrogen-bond acceptors (Lipinski definition) is 7. The molecule has 7 nitrogen and oxygen atoms in total. The quantitative estimate of drug-likeness (QED) is 0.428. The van der Waals surface area contributed by atoms with Crippen molar-refractivity contribution >= 4 is 45.1 Å². The number of aromatic nitrogens is 2. The number of thiophene rings is 1. The summed E-state index contributed by atoms with van der Waals surface area (Å²) >= 11 is 7.86. The zero-order valence-corrected chi connectivity index (χ0v) is 21.0. The Morgan fingerprint density at radius 3 is 2.58 bits per heavy atom. The molecule has 9 heteroatoms. The van der Waals surface area contributed by atoms with Crippen molar-refractivity contribution in [1.82, 2.24) is 14.9 Å². The van der Waals surface area contributed by atoms with E-state index >= 15 is 0 Å². The third-order valence-corrected chi connectivity index (χ3v) is 6.35. The predicted octanol–water partition coefficient (Wildman–Crippen LogP) is 5.86. The van der Waals surface area contributed by atoms with Gasteiger partial charge in [0.15, 0.2) is 0 Å². The molecule has 1 fully saturated rings. The van der Waals surface area contributed by atoms with Gasteiger partial charge in [-0.3, -0.25) is 0 Å². The summed E-state index contributed by atoms with van der Waals surface area (Å²) in [5.74, 6) is 1.65. The predicted molar refractivity (Wildman–Crippen MR) is 134 cm³/mol. The lowest BCUT2D eigenvalue weighted by atomic mass is 10.1. The summed E-state index contributed by atoms with van der Waals surface area (Å²) in [7, 11) is 0. The van der Waals surface area contributed by atoms with Crippen LogP contribution in [-0.2, 0) is 4.74 Å². The van der Waals surface area contributed by atoms with Gasteiger partial charge < -0.3 is 19.3 Å². The van der Waals surface area contributed by atoms with Gasteiger partial charge in [0.2, 0.25) is 5.28 Å². The molecule has 0 radical (unpaired) electrons. The van der Waals surface area contributed by atoms with E-state index in [9.17, 15) is 4.79 Å². The Bertz CT molecular complexity index is 1130. The van der Waals surface area contributed by atoms with Crippen molar-refractivity contribution in [2.45, 2.75) is 39.7 Å². The second-order valence-electron chi connectivity index (χ2n) is 8.91. The standard InChI is InChI=1S/C24H29ClN4O3S/c1-5-31-17-9-7-16(8-10-17)18-15-33-21-19(18)20(26-22(25)27-21)28-11-6-12-29(14-13-28)23(30)32-24(2,3)4/h7-10,15H,5-6,11-14H2,1-4H3. The van der Waals surface area contributed by atoms with Crippen LogP contribution in [0.5, 0.6) is 5.75 Å². The molecule has 0 bridgehead atoms. The van der Waals surface area contributed by atoms with Gasteiger partial charge in [-0.05, 0) is 63.4 Å². The van der Waals surface area contributed by atoms with Gasteiger partial charge in [0.25, 0.3) is 0 Å². The van der Waals surface area contributed by atoms with Gasteiger partial charge in [-0.2, -0.15) is 4.98 Å². The van der Waals surface area contributed by atoms with Crippen LogP contribution >= 0.6 is 22.9 Å². The highest BCUT2D eigenvalue weighted by molar-refractivity contribution is 7.17. The number of anilines is 1. The third kappa shape index (κ3) is 5.50. The Balaban J connectivity index is 1.63. The van der Waals surface area contributed by atoms with E-state index in [0.29, 0.717) is 26.2 Å². The topological polar surface area (TPSA) is 67.8 Å². The fourth-order valence-electron chi connectivity index (χ4n) is 3.88. The molecule has 1 aromatic carbocycles.